The quantitative estimate of drug-likeness (QED) is 0.770. The lowest BCUT2D eigenvalue weighted by atomic mass is 9.97. The molecule has 1 aliphatic rings. The van der Waals surface area contributed by atoms with E-state index in [2.05, 4.69) is 13.8 Å². The number of aliphatic hydroxyl groups excluding tert-OH is 1. The van der Waals surface area contributed by atoms with Crippen molar-refractivity contribution < 1.29 is 9.90 Å². The molecule has 16 heavy (non-hydrogen) atoms. The van der Waals surface area contributed by atoms with E-state index in [1.807, 2.05) is 16.8 Å². The van der Waals surface area contributed by atoms with Crippen LogP contribution in [0.5, 0.6) is 0 Å². The molecule has 1 aliphatic heterocycles. The van der Waals surface area contributed by atoms with Gasteiger partial charge in [0.1, 0.15) is 0 Å². The normalized spacial score (nSPS) is 26.2. The Morgan fingerprint density at radius 2 is 1.94 bits per heavy atom. The maximum Gasteiger partial charge on any atom is 0.237 e. The van der Waals surface area contributed by atoms with Crippen LogP contribution < -0.4 is 0 Å². The van der Waals surface area contributed by atoms with Crippen LogP contribution >= 0.6 is 0 Å². The molecule has 4 heteroatoms. The monoisotopic (exact) mass is 228 g/mol. The topological polar surface area (TPSA) is 43.8 Å². The first-order valence-electron chi connectivity index (χ1n) is 6.16. The highest BCUT2D eigenvalue weighted by Gasteiger charge is 2.28. The third-order valence-corrected chi connectivity index (χ3v) is 3.37. The van der Waals surface area contributed by atoms with Gasteiger partial charge in [-0.3, -0.25) is 9.69 Å². The molecule has 0 aliphatic carbocycles. The van der Waals surface area contributed by atoms with Crippen LogP contribution in [0.4, 0.5) is 0 Å². The van der Waals surface area contributed by atoms with Crippen LogP contribution in [0.25, 0.3) is 0 Å². The second-order valence-electron chi connectivity index (χ2n) is 4.89. The molecule has 1 amide bonds. The van der Waals surface area contributed by atoms with Gasteiger partial charge in [-0.25, -0.2) is 0 Å². The molecule has 0 bridgehead atoms. The summed E-state index contributed by atoms with van der Waals surface area (Å²) in [6.45, 7) is 5.33. The number of aliphatic hydroxyl groups is 1. The van der Waals surface area contributed by atoms with Crippen LogP contribution in [0.15, 0.2) is 0 Å². The molecule has 0 unspecified atom stereocenters. The largest absolute Gasteiger partial charge is 0.395 e. The van der Waals surface area contributed by atoms with E-state index in [1.165, 1.54) is 6.42 Å². The van der Waals surface area contributed by atoms with Crippen molar-refractivity contribution in [1.82, 2.24) is 9.80 Å². The van der Waals surface area contributed by atoms with Crippen LogP contribution in [0.2, 0.25) is 0 Å². The van der Waals surface area contributed by atoms with Gasteiger partial charge < -0.3 is 10.0 Å². The molecule has 1 heterocycles. The Labute approximate surface area is 98.2 Å². The molecule has 1 N–H and O–H groups in total. The summed E-state index contributed by atoms with van der Waals surface area (Å²) in [6.07, 6.45) is 3.44. The van der Waals surface area contributed by atoms with Crippen molar-refractivity contribution >= 4 is 5.91 Å². The predicted octanol–water partition coefficient (Wildman–Crippen LogP) is 0.700. The number of hydrogen-bond acceptors (Lipinski definition) is 3. The summed E-state index contributed by atoms with van der Waals surface area (Å²) in [6, 6.07) is 0.720. The third kappa shape index (κ3) is 3.46. The number of likely N-dealkylation sites (N-methyl/N-ethyl adjacent to an activating group) is 1. The number of likely N-dealkylation sites (tertiary alicyclic amines) is 1. The highest BCUT2D eigenvalue weighted by atomic mass is 16.3. The van der Waals surface area contributed by atoms with Crippen molar-refractivity contribution in [3.63, 3.8) is 0 Å². The van der Waals surface area contributed by atoms with Gasteiger partial charge >= 0.3 is 0 Å². The molecule has 0 aromatic rings. The number of carbonyl (C=O) groups excluding carboxylic acids is 1. The summed E-state index contributed by atoms with van der Waals surface area (Å²) in [5.41, 5.74) is 0. The number of rotatable bonds is 4. The van der Waals surface area contributed by atoms with Crippen LogP contribution in [-0.2, 0) is 4.79 Å². The van der Waals surface area contributed by atoms with Crippen LogP contribution in [0, 0.1) is 0 Å². The van der Waals surface area contributed by atoms with Gasteiger partial charge in [-0.15, -0.1) is 0 Å². The Kier molecular flexibility index (Phi) is 5.22. The number of nitrogens with zero attached hydrogens (tertiary/aromatic N) is 2. The second-order valence-corrected chi connectivity index (χ2v) is 4.89. The maximum absolute atomic E-state index is 12.1. The molecular weight excluding hydrogens is 204 g/mol. The number of piperidine rings is 1. The fourth-order valence-electron chi connectivity index (χ4n) is 2.48. The zero-order chi connectivity index (χ0) is 12.1. The average Bonchev–Trinajstić information content (AvgIpc) is 2.17. The molecule has 1 rings (SSSR count). The minimum absolute atomic E-state index is 0.106. The van der Waals surface area contributed by atoms with E-state index >= 15 is 0 Å². The summed E-state index contributed by atoms with van der Waals surface area (Å²) in [5.74, 6) is 0.190. The predicted molar refractivity (Wildman–Crippen MR) is 64.2 cm³/mol. The Balaban J connectivity index is 2.50. The Morgan fingerprint density at radius 1 is 1.38 bits per heavy atom. The maximum atomic E-state index is 12.1. The zero-order valence-electron chi connectivity index (χ0n) is 10.6. The SMILES string of the molecule is C[C@H]1CCC[C@H](C)N1C(=O)CN(C)CCO. The first-order chi connectivity index (χ1) is 7.56. The van der Waals surface area contributed by atoms with E-state index in [9.17, 15) is 4.79 Å². The lowest BCUT2D eigenvalue weighted by Gasteiger charge is -2.39. The van der Waals surface area contributed by atoms with Gasteiger partial charge in [0.15, 0.2) is 0 Å². The Morgan fingerprint density at radius 3 is 2.44 bits per heavy atom. The van der Waals surface area contributed by atoms with E-state index in [1.54, 1.807) is 0 Å². The van der Waals surface area contributed by atoms with Gasteiger partial charge in [-0.2, -0.15) is 0 Å². The van der Waals surface area contributed by atoms with Crippen molar-refractivity contribution in [3.8, 4) is 0 Å². The summed E-state index contributed by atoms with van der Waals surface area (Å²) in [4.78, 5) is 16.0. The number of carbonyl (C=O) groups is 1. The van der Waals surface area contributed by atoms with E-state index in [0.29, 0.717) is 25.2 Å². The minimum Gasteiger partial charge on any atom is -0.395 e. The molecule has 0 spiro atoms. The fraction of sp³-hybridized carbons (Fsp3) is 0.917. The van der Waals surface area contributed by atoms with E-state index in [0.717, 1.165) is 12.8 Å². The van der Waals surface area contributed by atoms with Gasteiger partial charge in [0, 0.05) is 18.6 Å². The van der Waals surface area contributed by atoms with Gasteiger partial charge in [0.2, 0.25) is 5.91 Å². The summed E-state index contributed by atoms with van der Waals surface area (Å²) in [5, 5.41) is 8.80. The van der Waals surface area contributed by atoms with Crippen LogP contribution in [0.3, 0.4) is 0 Å². The van der Waals surface area contributed by atoms with Gasteiger partial charge in [-0.1, -0.05) is 0 Å². The first kappa shape index (κ1) is 13.5. The van der Waals surface area contributed by atoms with Crippen LogP contribution in [0.1, 0.15) is 33.1 Å². The second kappa shape index (κ2) is 6.21. The molecule has 1 fully saturated rings. The van der Waals surface area contributed by atoms with Crippen molar-refractivity contribution in [1.29, 1.82) is 0 Å². The smallest absolute Gasteiger partial charge is 0.237 e. The molecule has 4 nitrogen and oxygen atoms in total. The van der Waals surface area contributed by atoms with E-state index < -0.39 is 0 Å². The summed E-state index contributed by atoms with van der Waals surface area (Å²) < 4.78 is 0. The molecule has 0 radical (unpaired) electrons. The highest BCUT2D eigenvalue weighted by molar-refractivity contribution is 5.79. The van der Waals surface area contributed by atoms with Gasteiger partial charge in [0.05, 0.1) is 13.2 Å². The van der Waals surface area contributed by atoms with Crippen molar-refractivity contribution in [2.45, 2.75) is 45.2 Å². The summed E-state index contributed by atoms with van der Waals surface area (Å²) in [7, 11) is 1.87. The lowest BCUT2D eigenvalue weighted by molar-refractivity contribution is -0.138. The highest BCUT2D eigenvalue weighted by Crippen LogP contribution is 2.22. The first-order valence-corrected chi connectivity index (χ1v) is 6.16. The third-order valence-electron chi connectivity index (χ3n) is 3.37. The van der Waals surface area contributed by atoms with Gasteiger partial charge in [0.25, 0.3) is 0 Å². The summed E-state index contributed by atoms with van der Waals surface area (Å²) >= 11 is 0. The average molecular weight is 228 g/mol. The van der Waals surface area contributed by atoms with Crippen molar-refractivity contribution in [2.24, 2.45) is 0 Å². The van der Waals surface area contributed by atoms with Gasteiger partial charge in [-0.05, 0) is 40.2 Å². The molecule has 1 saturated heterocycles. The minimum atomic E-state index is 0.106. The van der Waals surface area contributed by atoms with Crippen LogP contribution in [-0.4, -0.2) is 59.6 Å². The standard InChI is InChI=1S/C12H24N2O2/c1-10-5-4-6-11(2)14(10)12(16)9-13(3)7-8-15/h10-11,15H,4-9H2,1-3H3/t10-,11-/m0/s1. The molecule has 0 aromatic heterocycles. The van der Waals surface area contributed by atoms with E-state index in [4.69, 9.17) is 5.11 Å². The Bertz CT molecular complexity index is 223. The molecule has 0 saturated carbocycles. The van der Waals surface area contributed by atoms with E-state index in [-0.39, 0.29) is 12.5 Å². The number of hydrogen-bond donors (Lipinski definition) is 1. The fourth-order valence-corrected chi connectivity index (χ4v) is 2.48. The zero-order valence-corrected chi connectivity index (χ0v) is 10.6. The molecular formula is C12H24N2O2. The lowest BCUT2D eigenvalue weighted by Crippen LogP contribution is -2.50. The Hall–Kier alpha value is -0.610. The molecule has 0 aromatic carbocycles. The number of amides is 1. The van der Waals surface area contributed by atoms with Crippen molar-refractivity contribution in [2.75, 3.05) is 26.7 Å². The molecule has 94 valence electrons. The molecule has 2 atom stereocenters. The van der Waals surface area contributed by atoms with Crippen molar-refractivity contribution in [3.05, 3.63) is 0 Å².